The number of hydrazine groups is 1. The molecule has 0 heterocycles. The number of ether oxygens (including phenoxy) is 2. The highest BCUT2D eigenvalue weighted by molar-refractivity contribution is 6.30. The van der Waals surface area contributed by atoms with Gasteiger partial charge in [-0.1, -0.05) is 23.7 Å². The summed E-state index contributed by atoms with van der Waals surface area (Å²) in [6, 6.07) is 14.0. The summed E-state index contributed by atoms with van der Waals surface area (Å²) in [5, 5.41) is 0.575. The molecule has 7 heteroatoms. The molecule has 0 radical (unpaired) electrons. The number of hydrogen-bond acceptors (Lipinski definition) is 4. The van der Waals surface area contributed by atoms with E-state index in [1.165, 1.54) is 6.08 Å². The number of halogens is 1. The van der Waals surface area contributed by atoms with Gasteiger partial charge in [0.05, 0.1) is 6.61 Å². The first kappa shape index (κ1) is 20.3. The second kappa shape index (κ2) is 10.2. The van der Waals surface area contributed by atoms with Crippen molar-refractivity contribution in [2.24, 2.45) is 0 Å². The molecule has 0 bridgehead atoms. The minimum absolute atomic E-state index is 0.475. The van der Waals surface area contributed by atoms with Gasteiger partial charge in [-0.2, -0.15) is 0 Å². The van der Waals surface area contributed by atoms with Crippen molar-refractivity contribution in [1.29, 1.82) is 0 Å². The topological polar surface area (TPSA) is 76.7 Å². The Morgan fingerprint density at radius 2 is 1.81 bits per heavy atom. The molecule has 6 nitrogen and oxygen atoms in total. The lowest BCUT2D eigenvalue weighted by Gasteiger charge is -2.15. The lowest BCUT2D eigenvalue weighted by Crippen LogP contribution is -2.46. The van der Waals surface area contributed by atoms with Crippen LogP contribution in [0.25, 0.3) is 6.08 Å². The number of carbonyl (C=O) groups is 2. The van der Waals surface area contributed by atoms with E-state index in [0.717, 1.165) is 11.3 Å². The molecular weight excluding hydrogens is 368 g/mol. The van der Waals surface area contributed by atoms with Gasteiger partial charge >= 0.3 is 0 Å². The summed E-state index contributed by atoms with van der Waals surface area (Å²) in [5.41, 5.74) is 5.39. The fourth-order valence-electron chi connectivity index (χ4n) is 2.09. The molecular formula is C20H21ClN2O4. The molecule has 2 aromatic carbocycles. The zero-order valence-electron chi connectivity index (χ0n) is 15.1. The first-order valence-electron chi connectivity index (χ1n) is 8.41. The van der Waals surface area contributed by atoms with E-state index in [1.807, 2.05) is 6.92 Å². The fraction of sp³-hybridized carbons (Fsp3) is 0.200. The zero-order valence-corrected chi connectivity index (χ0v) is 15.8. The number of nitrogens with one attached hydrogen (secondary N) is 2. The van der Waals surface area contributed by atoms with Crippen LogP contribution in [0.2, 0.25) is 5.02 Å². The van der Waals surface area contributed by atoms with Gasteiger partial charge in [-0.05, 0) is 61.9 Å². The van der Waals surface area contributed by atoms with Crippen LogP contribution in [0.15, 0.2) is 54.6 Å². The van der Waals surface area contributed by atoms with Crippen LogP contribution in [0.4, 0.5) is 0 Å². The van der Waals surface area contributed by atoms with Crippen LogP contribution >= 0.6 is 11.6 Å². The summed E-state index contributed by atoms with van der Waals surface area (Å²) < 4.78 is 10.9. The molecule has 0 aliphatic carbocycles. The van der Waals surface area contributed by atoms with Crippen LogP contribution in [0, 0.1) is 0 Å². The summed E-state index contributed by atoms with van der Waals surface area (Å²) in [7, 11) is 0. The van der Waals surface area contributed by atoms with Crippen LogP contribution < -0.4 is 20.3 Å². The quantitative estimate of drug-likeness (QED) is 0.563. The Labute approximate surface area is 163 Å². The molecule has 2 aromatic rings. The van der Waals surface area contributed by atoms with Crippen molar-refractivity contribution in [2.75, 3.05) is 6.61 Å². The first-order valence-corrected chi connectivity index (χ1v) is 8.78. The van der Waals surface area contributed by atoms with Crippen molar-refractivity contribution in [2.45, 2.75) is 20.0 Å². The largest absolute Gasteiger partial charge is 0.494 e. The van der Waals surface area contributed by atoms with E-state index >= 15 is 0 Å². The van der Waals surface area contributed by atoms with E-state index in [1.54, 1.807) is 61.5 Å². The van der Waals surface area contributed by atoms with Crippen molar-refractivity contribution < 1.29 is 19.1 Å². The number of amides is 2. The van der Waals surface area contributed by atoms with Gasteiger partial charge in [-0.3, -0.25) is 20.4 Å². The highest BCUT2D eigenvalue weighted by atomic mass is 35.5. The van der Waals surface area contributed by atoms with Gasteiger partial charge in [0.2, 0.25) is 0 Å². The smallest absolute Gasteiger partial charge is 0.279 e. The maximum absolute atomic E-state index is 12.0. The summed E-state index contributed by atoms with van der Waals surface area (Å²) in [6.45, 7) is 4.06. The maximum Gasteiger partial charge on any atom is 0.279 e. The van der Waals surface area contributed by atoms with E-state index < -0.39 is 17.9 Å². The minimum Gasteiger partial charge on any atom is -0.494 e. The van der Waals surface area contributed by atoms with Gasteiger partial charge in [-0.25, -0.2) is 0 Å². The monoisotopic (exact) mass is 388 g/mol. The van der Waals surface area contributed by atoms with Gasteiger partial charge in [0.15, 0.2) is 6.10 Å². The lowest BCUT2D eigenvalue weighted by atomic mass is 10.2. The zero-order chi connectivity index (χ0) is 19.6. The van der Waals surface area contributed by atoms with Crippen LogP contribution in [-0.4, -0.2) is 24.5 Å². The summed E-state index contributed by atoms with van der Waals surface area (Å²) >= 11 is 5.88. The van der Waals surface area contributed by atoms with Crippen LogP contribution in [0.3, 0.4) is 0 Å². The molecule has 1 atom stereocenters. The number of hydrogen-bond donors (Lipinski definition) is 2. The second-order valence-electron chi connectivity index (χ2n) is 5.53. The van der Waals surface area contributed by atoms with E-state index in [0.29, 0.717) is 17.4 Å². The fourth-order valence-corrected chi connectivity index (χ4v) is 2.29. The van der Waals surface area contributed by atoms with E-state index in [-0.39, 0.29) is 0 Å². The molecule has 2 N–H and O–H groups in total. The third kappa shape index (κ3) is 7.03. The average Bonchev–Trinajstić information content (AvgIpc) is 2.66. The normalized spacial score (nSPS) is 11.7. The lowest BCUT2D eigenvalue weighted by molar-refractivity contribution is -0.131. The second-order valence-corrected chi connectivity index (χ2v) is 5.97. The van der Waals surface area contributed by atoms with Gasteiger partial charge in [0, 0.05) is 11.1 Å². The van der Waals surface area contributed by atoms with E-state index in [2.05, 4.69) is 10.9 Å². The minimum atomic E-state index is -0.792. The van der Waals surface area contributed by atoms with Crippen molar-refractivity contribution in [3.63, 3.8) is 0 Å². The molecule has 0 saturated carbocycles. The van der Waals surface area contributed by atoms with Crippen LogP contribution in [0.5, 0.6) is 11.5 Å². The van der Waals surface area contributed by atoms with Gasteiger partial charge in [-0.15, -0.1) is 0 Å². The highest BCUT2D eigenvalue weighted by Gasteiger charge is 2.15. The average molecular weight is 389 g/mol. The van der Waals surface area contributed by atoms with Crippen molar-refractivity contribution in [3.05, 3.63) is 65.2 Å². The standard InChI is InChI=1S/C20H21ClN2O4/c1-3-26-17-8-10-18(11-9-17)27-14(2)20(25)23-22-19(24)12-7-15-5-4-6-16(21)13-15/h4-14H,3H2,1-2H3,(H,22,24)(H,23,25)/b12-7+/t14-/m1/s1. The Morgan fingerprint density at radius 3 is 2.48 bits per heavy atom. The Hall–Kier alpha value is -2.99. The third-order valence-corrected chi connectivity index (χ3v) is 3.64. The SMILES string of the molecule is CCOc1ccc(O[C@H](C)C(=O)NNC(=O)/C=C/c2cccc(Cl)c2)cc1. The molecule has 2 amide bonds. The Bertz CT molecular complexity index is 806. The summed E-state index contributed by atoms with van der Waals surface area (Å²) in [5.74, 6) is 0.291. The number of carbonyl (C=O) groups excluding carboxylic acids is 2. The van der Waals surface area contributed by atoms with E-state index in [4.69, 9.17) is 21.1 Å². The molecule has 0 spiro atoms. The third-order valence-electron chi connectivity index (χ3n) is 3.40. The predicted molar refractivity (Wildman–Crippen MR) is 104 cm³/mol. The van der Waals surface area contributed by atoms with Crippen molar-refractivity contribution >= 4 is 29.5 Å². The highest BCUT2D eigenvalue weighted by Crippen LogP contribution is 2.18. The van der Waals surface area contributed by atoms with Crippen molar-refractivity contribution in [3.8, 4) is 11.5 Å². The van der Waals surface area contributed by atoms with Crippen LogP contribution in [-0.2, 0) is 9.59 Å². The molecule has 0 aliphatic rings. The number of rotatable bonds is 7. The number of benzene rings is 2. The molecule has 0 aliphatic heterocycles. The molecule has 0 unspecified atom stereocenters. The van der Waals surface area contributed by atoms with Crippen LogP contribution in [0.1, 0.15) is 19.4 Å². The molecule has 142 valence electrons. The summed E-state index contributed by atoms with van der Waals surface area (Å²) in [6.07, 6.45) is 2.09. The summed E-state index contributed by atoms with van der Waals surface area (Å²) in [4.78, 5) is 23.8. The Balaban J connectivity index is 1.79. The molecule has 0 fully saturated rings. The molecule has 2 rings (SSSR count). The van der Waals surface area contributed by atoms with Gasteiger partial charge in [0.25, 0.3) is 11.8 Å². The Kier molecular flexibility index (Phi) is 7.70. The Morgan fingerprint density at radius 1 is 1.11 bits per heavy atom. The van der Waals surface area contributed by atoms with Gasteiger partial charge < -0.3 is 9.47 Å². The molecule has 0 aromatic heterocycles. The molecule has 27 heavy (non-hydrogen) atoms. The maximum atomic E-state index is 12.0. The first-order chi connectivity index (χ1) is 13.0. The van der Waals surface area contributed by atoms with E-state index in [9.17, 15) is 9.59 Å². The van der Waals surface area contributed by atoms with Crippen molar-refractivity contribution in [1.82, 2.24) is 10.9 Å². The van der Waals surface area contributed by atoms with Gasteiger partial charge in [0.1, 0.15) is 11.5 Å². The molecule has 0 saturated heterocycles. The predicted octanol–water partition coefficient (Wildman–Crippen LogP) is 3.37.